The summed E-state index contributed by atoms with van der Waals surface area (Å²) in [5, 5.41) is 0. The number of nitrogens with two attached hydrogens (primary N) is 1. The molecule has 1 heterocycles. The molecule has 0 aliphatic carbocycles. The van der Waals surface area contributed by atoms with Crippen LogP contribution in [0.1, 0.15) is 24.0 Å². The Labute approximate surface area is 119 Å². The Kier molecular flexibility index (Phi) is 5.91. The van der Waals surface area contributed by atoms with E-state index in [4.69, 9.17) is 10.2 Å². The predicted molar refractivity (Wildman–Crippen MR) is 78.8 cm³/mol. The number of furan rings is 1. The molecule has 0 saturated heterocycles. The largest absolute Gasteiger partial charge is 0.465 e. The molecule has 110 valence electrons. The van der Waals surface area contributed by atoms with E-state index in [2.05, 4.69) is 4.72 Å². The average molecular weight is 306 g/mol. The van der Waals surface area contributed by atoms with Crippen LogP contribution in [0.5, 0.6) is 0 Å². The van der Waals surface area contributed by atoms with Gasteiger partial charge in [-0.05, 0) is 31.8 Å². The Morgan fingerprint density at radius 3 is 2.53 bits per heavy atom. The molecule has 19 heavy (non-hydrogen) atoms. The SMILES string of the molecule is CSCC(C)CNS(=O)(=O)c1c(C)oc(C)c1CN. The monoisotopic (exact) mass is 306 g/mol. The molecule has 0 saturated carbocycles. The number of rotatable bonds is 7. The third kappa shape index (κ3) is 3.98. The van der Waals surface area contributed by atoms with E-state index in [0.29, 0.717) is 23.6 Å². The molecular weight excluding hydrogens is 284 g/mol. The Balaban J connectivity index is 2.95. The molecule has 0 bridgehead atoms. The van der Waals surface area contributed by atoms with Crippen LogP contribution in [-0.2, 0) is 16.6 Å². The maximum Gasteiger partial charge on any atom is 0.244 e. The quantitative estimate of drug-likeness (QED) is 0.800. The summed E-state index contributed by atoms with van der Waals surface area (Å²) in [5.41, 5.74) is 6.17. The molecule has 0 amide bonds. The first-order chi connectivity index (χ1) is 8.83. The number of aryl methyl sites for hydroxylation is 2. The van der Waals surface area contributed by atoms with E-state index in [0.717, 1.165) is 5.75 Å². The standard InChI is InChI=1S/C12H22N2O3S2/c1-8(7-18-4)6-14-19(15,16)12-10(3)17-9(2)11(12)5-13/h8,14H,5-7,13H2,1-4H3. The molecular formula is C12H22N2O3S2. The van der Waals surface area contributed by atoms with Crippen molar-refractivity contribution in [3.8, 4) is 0 Å². The molecule has 0 radical (unpaired) electrons. The molecule has 1 unspecified atom stereocenters. The van der Waals surface area contributed by atoms with E-state index in [1.807, 2.05) is 13.2 Å². The Hall–Kier alpha value is -0.500. The third-order valence-corrected chi connectivity index (χ3v) is 5.39. The maximum atomic E-state index is 12.3. The predicted octanol–water partition coefficient (Wildman–Crippen LogP) is 1.63. The van der Waals surface area contributed by atoms with Crippen LogP contribution in [0.3, 0.4) is 0 Å². The lowest BCUT2D eigenvalue weighted by atomic mass is 10.2. The van der Waals surface area contributed by atoms with E-state index in [1.165, 1.54) is 0 Å². The van der Waals surface area contributed by atoms with Gasteiger partial charge >= 0.3 is 0 Å². The topological polar surface area (TPSA) is 85.3 Å². The van der Waals surface area contributed by atoms with Crippen molar-refractivity contribution < 1.29 is 12.8 Å². The molecule has 5 nitrogen and oxygen atoms in total. The number of nitrogens with one attached hydrogen (secondary N) is 1. The van der Waals surface area contributed by atoms with Crippen LogP contribution in [0, 0.1) is 19.8 Å². The summed E-state index contributed by atoms with van der Waals surface area (Å²) in [6.45, 7) is 5.95. The molecule has 1 atom stereocenters. The van der Waals surface area contributed by atoms with Crippen LogP contribution < -0.4 is 10.5 Å². The Morgan fingerprint density at radius 1 is 1.37 bits per heavy atom. The van der Waals surface area contributed by atoms with Crippen molar-refractivity contribution in [2.75, 3.05) is 18.6 Å². The van der Waals surface area contributed by atoms with E-state index >= 15 is 0 Å². The molecule has 3 N–H and O–H groups in total. The van der Waals surface area contributed by atoms with Crippen molar-refractivity contribution in [1.29, 1.82) is 0 Å². The first kappa shape index (κ1) is 16.6. The zero-order valence-electron chi connectivity index (χ0n) is 11.8. The van der Waals surface area contributed by atoms with Crippen LogP contribution in [0.2, 0.25) is 0 Å². The summed E-state index contributed by atoms with van der Waals surface area (Å²) in [6, 6.07) is 0. The lowest BCUT2D eigenvalue weighted by molar-refractivity contribution is 0.493. The van der Waals surface area contributed by atoms with Crippen molar-refractivity contribution in [3.63, 3.8) is 0 Å². The second-order valence-corrected chi connectivity index (χ2v) is 7.25. The number of hydrogen-bond acceptors (Lipinski definition) is 5. The maximum absolute atomic E-state index is 12.3. The first-order valence-electron chi connectivity index (χ1n) is 6.11. The van der Waals surface area contributed by atoms with Gasteiger partial charge in [-0.15, -0.1) is 0 Å². The second-order valence-electron chi connectivity index (χ2n) is 4.64. The molecule has 0 aromatic carbocycles. The van der Waals surface area contributed by atoms with Crippen LogP contribution >= 0.6 is 11.8 Å². The lowest BCUT2D eigenvalue weighted by Gasteiger charge is -2.12. The van der Waals surface area contributed by atoms with Gasteiger partial charge in [0.15, 0.2) is 0 Å². The summed E-state index contributed by atoms with van der Waals surface area (Å²) in [5.74, 6) is 2.15. The molecule has 1 rings (SSSR count). The highest BCUT2D eigenvalue weighted by Gasteiger charge is 2.26. The average Bonchev–Trinajstić information content (AvgIpc) is 2.62. The van der Waals surface area contributed by atoms with Gasteiger partial charge in [0.25, 0.3) is 0 Å². The molecule has 0 fully saturated rings. The summed E-state index contributed by atoms with van der Waals surface area (Å²) in [7, 11) is -3.56. The van der Waals surface area contributed by atoms with Gasteiger partial charge in [0.1, 0.15) is 16.4 Å². The minimum absolute atomic E-state index is 0.153. The molecule has 1 aromatic heterocycles. The molecule has 1 aromatic rings. The molecule has 0 aliphatic heterocycles. The van der Waals surface area contributed by atoms with Crippen LogP contribution in [-0.4, -0.2) is 27.0 Å². The van der Waals surface area contributed by atoms with Gasteiger partial charge in [0, 0.05) is 18.7 Å². The molecule has 0 aliphatic rings. The summed E-state index contributed by atoms with van der Waals surface area (Å²) < 4.78 is 32.6. The number of sulfonamides is 1. The fraction of sp³-hybridized carbons (Fsp3) is 0.667. The van der Waals surface area contributed by atoms with Crippen molar-refractivity contribution in [2.45, 2.75) is 32.2 Å². The van der Waals surface area contributed by atoms with Crippen LogP contribution in [0.25, 0.3) is 0 Å². The van der Waals surface area contributed by atoms with E-state index < -0.39 is 10.0 Å². The normalized spacial score (nSPS) is 13.7. The van der Waals surface area contributed by atoms with Gasteiger partial charge in [-0.1, -0.05) is 6.92 Å². The molecule has 7 heteroatoms. The zero-order valence-corrected chi connectivity index (χ0v) is 13.5. The van der Waals surface area contributed by atoms with Crippen molar-refractivity contribution in [3.05, 3.63) is 17.1 Å². The summed E-state index contributed by atoms with van der Waals surface area (Å²) in [6.07, 6.45) is 2.00. The van der Waals surface area contributed by atoms with E-state index in [-0.39, 0.29) is 17.4 Å². The first-order valence-corrected chi connectivity index (χ1v) is 8.98. The highest BCUT2D eigenvalue weighted by atomic mass is 32.2. The molecule has 0 spiro atoms. The second kappa shape index (κ2) is 6.78. The summed E-state index contributed by atoms with van der Waals surface area (Å²) in [4.78, 5) is 0.198. The van der Waals surface area contributed by atoms with Gasteiger partial charge in [0.05, 0.1) is 0 Å². The van der Waals surface area contributed by atoms with Crippen molar-refractivity contribution in [1.82, 2.24) is 4.72 Å². The number of thioether (sulfide) groups is 1. The third-order valence-electron chi connectivity index (χ3n) is 2.87. The highest BCUT2D eigenvalue weighted by molar-refractivity contribution is 7.98. The number of hydrogen-bond donors (Lipinski definition) is 2. The van der Waals surface area contributed by atoms with Crippen molar-refractivity contribution in [2.24, 2.45) is 11.7 Å². The van der Waals surface area contributed by atoms with E-state index in [9.17, 15) is 8.42 Å². The highest BCUT2D eigenvalue weighted by Crippen LogP contribution is 2.26. The zero-order chi connectivity index (χ0) is 14.6. The van der Waals surface area contributed by atoms with Gasteiger partial charge < -0.3 is 10.2 Å². The summed E-state index contributed by atoms with van der Waals surface area (Å²) >= 11 is 1.70. The minimum Gasteiger partial charge on any atom is -0.465 e. The Bertz CT molecular complexity index is 523. The van der Waals surface area contributed by atoms with Gasteiger partial charge in [0.2, 0.25) is 10.0 Å². The van der Waals surface area contributed by atoms with Gasteiger partial charge in [-0.3, -0.25) is 0 Å². The smallest absolute Gasteiger partial charge is 0.244 e. The lowest BCUT2D eigenvalue weighted by Crippen LogP contribution is -2.30. The van der Waals surface area contributed by atoms with Crippen LogP contribution in [0.15, 0.2) is 9.31 Å². The van der Waals surface area contributed by atoms with Gasteiger partial charge in [-0.25, -0.2) is 13.1 Å². The fourth-order valence-corrected chi connectivity index (χ4v) is 4.27. The van der Waals surface area contributed by atoms with Gasteiger partial charge in [-0.2, -0.15) is 11.8 Å². The fourth-order valence-electron chi connectivity index (χ4n) is 1.97. The Morgan fingerprint density at radius 2 is 2.00 bits per heavy atom. The van der Waals surface area contributed by atoms with Crippen LogP contribution in [0.4, 0.5) is 0 Å². The van der Waals surface area contributed by atoms with Crippen molar-refractivity contribution >= 4 is 21.8 Å². The van der Waals surface area contributed by atoms with E-state index in [1.54, 1.807) is 25.6 Å². The minimum atomic E-state index is -3.56.